The van der Waals surface area contributed by atoms with Crippen molar-refractivity contribution in [1.82, 2.24) is 0 Å². The first-order chi connectivity index (χ1) is 17.2. The van der Waals surface area contributed by atoms with E-state index in [4.69, 9.17) is 5.73 Å². The van der Waals surface area contributed by atoms with E-state index in [0.717, 1.165) is 30.3 Å². The van der Waals surface area contributed by atoms with Gasteiger partial charge in [0.05, 0.1) is 5.69 Å². The number of hydrogen-bond donors (Lipinski definition) is 4. The van der Waals surface area contributed by atoms with Crippen molar-refractivity contribution in [3.8, 4) is 0 Å². The van der Waals surface area contributed by atoms with Gasteiger partial charge >= 0.3 is 0 Å². The van der Waals surface area contributed by atoms with Crippen LogP contribution in [0.1, 0.15) is 22.3 Å². The van der Waals surface area contributed by atoms with Crippen LogP contribution in [0.3, 0.4) is 0 Å². The minimum Gasteiger partial charge on any atom is -0.372 e. The fraction of sp³-hybridized carbons (Fsp3) is 0.0714. The second-order valence-corrected chi connectivity index (χ2v) is 8.17. The van der Waals surface area contributed by atoms with Crippen LogP contribution >= 0.6 is 0 Å². The molecule has 0 aliphatic carbocycles. The molecule has 6 nitrogen and oxygen atoms in total. The average Bonchev–Trinajstić information content (AvgIpc) is 2.89. The molecule has 4 rings (SSSR count). The van der Waals surface area contributed by atoms with Gasteiger partial charge in [0.1, 0.15) is 11.6 Å². The van der Waals surface area contributed by atoms with Gasteiger partial charge in [0.15, 0.2) is 11.2 Å². The first-order valence-electron chi connectivity index (χ1n) is 10.9. The van der Waals surface area contributed by atoms with Gasteiger partial charge in [-0.2, -0.15) is 0 Å². The number of aliphatic hydroxyl groups is 2. The Morgan fingerprint density at radius 3 is 1.67 bits per heavy atom. The minimum atomic E-state index is -2.43. The summed E-state index contributed by atoms with van der Waals surface area (Å²) in [5.41, 5.74) is 0.599. The highest BCUT2D eigenvalue weighted by Gasteiger charge is 2.43. The van der Waals surface area contributed by atoms with E-state index in [9.17, 15) is 28.6 Å². The lowest BCUT2D eigenvalue weighted by Crippen LogP contribution is -2.44. The number of rotatable bonds is 7. The molecule has 0 saturated carbocycles. The van der Waals surface area contributed by atoms with Gasteiger partial charge in [-0.15, -0.1) is 0 Å². The van der Waals surface area contributed by atoms with E-state index >= 15 is 0 Å². The van der Waals surface area contributed by atoms with Gasteiger partial charge in [-0.25, -0.2) is 8.78 Å². The third kappa shape index (κ3) is 4.35. The van der Waals surface area contributed by atoms with Crippen LogP contribution in [0.5, 0.6) is 0 Å². The molecule has 0 fully saturated rings. The highest BCUT2D eigenvalue weighted by atomic mass is 19.1. The monoisotopic (exact) mass is 488 g/mol. The number of amides is 2. The second-order valence-electron chi connectivity index (χ2n) is 8.17. The Morgan fingerprint density at radius 2 is 1.14 bits per heavy atom. The van der Waals surface area contributed by atoms with Crippen molar-refractivity contribution in [3.05, 3.63) is 137 Å². The maximum Gasteiger partial charge on any atom is 0.265 e. The number of benzene rings is 4. The second kappa shape index (κ2) is 9.69. The van der Waals surface area contributed by atoms with Gasteiger partial charge in [0.25, 0.3) is 11.8 Å². The average molecular weight is 488 g/mol. The molecule has 0 radical (unpaired) electrons. The summed E-state index contributed by atoms with van der Waals surface area (Å²) in [6.45, 7) is 0. The maximum atomic E-state index is 14.3. The van der Waals surface area contributed by atoms with Gasteiger partial charge in [-0.3, -0.25) is 9.59 Å². The van der Waals surface area contributed by atoms with E-state index < -0.39 is 34.7 Å². The summed E-state index contributed by atoms with van der Waals surface area (Å²) in [6.07, 6.45) is 0. The lowest BCUT2D eigenvalue weighted by molar-refractivity contribution is -0.133. The van der Waals surface area contributed by atoms with E-state index in [0.29, 0.717) is 0 Å². The molecule has 36 heavy (non-hydrogen) atoms. The van der Waals surface area contributed by atoms with Crippen molar-refractivity contribution < 1.29 is 28.6 Å². The lowest BCUT2D eigenvalue weighted by atomic mass is 9.83. The predicted molar refractivity (Wildman–Crippen MR) is 130 cm³/mol. The quantitative estimate of drug-likeness (QED) is 0.319. The number of nitrogens with one attached hydrogen (secondary N) is 1. The Bertz CT molecular complexity index is 1400. The predicted octanol–water partition coefficient (Wildman–Crippen LogP) is 3.56. The summed E-state index contributed by atoms with van der Waals surface area (Å²) >= 11 is 0. The normalized spacial score (nSPS) is 14.3. The Morgan fingerprint density at radius 1 is 0.667 bits per heavy atom. The highest BCUT2D eigenvalue weighted by Crippen LogP contribution is 2.37. The summed E-state index contributed by atoms with van der Waals surface area (Å²) in [4.78, 5) is 26.1. The Kier molecular flexibility index (Phi) is 6.65. The number of primary amides is 1. The fourth-order valence-corrected chi connectivity index (χ4v) is 4.06. The van der Waals surface area contributed by atoms with Crippen LogP contribution in [-0.2, 0) is 20.8 Å². The van der Waals surface area contributed by atoms with E-state index in [2.05, 4.69) is 5.32 Å². The van der Waals surface area contributed by atoms with E-state index in [1.54, 1.807) is 36.4 Å². The van der Waals surface area contributed by atoms with Crippen LogP contribution in [-0.4, -0.2) is 22.0 Å². The molecule has 4 aromatic carbocycles. The first kappa shape index (κ1) is 24.7. The molecule has 2 atom stereocenters. The van der Waals surface area contributed by atoms with Gasteiger partial charge in [0.2, 0.25) is 0 Å². The molecule has 0 aliphatic heterocycles. The van der Waals surface area contributed by atoms with Crippen LogP contribution in [0.15, 0.2) is 103 Å². The molecule has 4 aromatic rings. The summed E-state index contributed by atoms with van der Waals surface area (Å²) in [7, 11) is 0. The fourth-order valence-electron chi connectivity index (χ4n) is 4.06. The first-order valence-corrected chi connectivity index (χ1v) is 10.9. The third-order valence-electron chi connectivity index (χ3n) is 5.95. The molecule has 2 amide bonds. The number of hydrogen-bond acceptors (Lipinski definition) is 4. The summed E-state index contributed by atoms with van der Waals surface area (Å²) < 4.78 is 27.9. The molecule has 0 bridgehead atoms. The zero-order valence-corrected chi connectivity index (χ0v) is 18.9. The number of nitrogens with two attached hydrogens (primary N) is 1. The molecule has 0 aromatic heterocycles. The number of carbonyl (C=O) groups is 2. The Hall–Kier alpha value is -4.40. The molecule has 2 unspecified atom stereocenters. The Labute approximate surface area is 205 Å². The molecular weight excluding hydrogens is 466 g/mol. The van der Waals surface area contributed by atoms with Crippen LogP contribution in [0, 0.1) is 11.6 Å². The van der Waals surface area contributed by atoms with Gasteiger partial charge < -0.3 is 21.3 Å². The summed E-state index contributed by atoms with van der Waals surface area (Å²) in [5, 5.41) is 25.6. The van der Waals surface area contributed by atoms with Gasteiger partial charge in [0, 0.05) is 5.56 Å². The van der Waals surface area contributed by atoms with Crippen molar-refractivity contribution in [1.29, 1.82) is 0 Å². The lowest BCUT2D eigenvalue weighted by Gasteiger charge is -2.31. The van der Waals surface area contributed by atoms with Gasteiger partial charge in [-0.05, 0) is 41.0 Å². The summed E-state index contributed by atoms with van der Waals surface area (Å²) in [5.74, 6) is -3.55. The SMILES string of the molecule is NC(=O)C(O)(c1ccccc1)c1ccc(F)cc1NC(=O)C(O)(c1ccccc1)c1ccc(F)cc1. The zero-order chi connectivity index (χ0) is 25.9. The van der Waals surface area contributed by atoms with Crippen LogP contribution < -0.4 is 11.1 Å². The molecule has 8 heteroatoms. The minimum absolute atomic E-state index is 0.0405. The molecule has 0 aliphatic rings. The Balaban J connectivity index is 1.86. The zero-order valence-electron chi connectivity index (χ0n) is 18.9. The number of anilines is 1. The van der Waals surface area contributed by atoms with E-state index in [1.807, 2.05) is 0 Å². The third-order valence-corrected chi connectivity index (χ3v) is 5.95. The van der Waals surface area contributed by atoms with E-state index in [-0.39, 0.29) is 27.9 Å². The van der Waals surface area contributed by atoms with Crippen LogP contribution in [0.25, 0.3) is 0 Å². The van der Waals surface area contributed by atoms with Crippen molar-refractivity contribution in [2.75, 3.05) is 5.32 Å². The van der Waals surface area contributed by atoms with Crippen molar-refractivity contribution in [3.63, 3.8) is 0 Å². The van der Waals surface area contributed by atoms with E-state index in [1.165, 1.54) is 36.4 Å². The summed E-state index contributed by atoms with van der Waals surface area (Å²) in [6, 6.07) is 23.3. The van der Waals surface area contributed by atoms with Crippen LogP contribution in [0.2, 0.25) is 0 Å². The van der Waals surface area contributed by atoms with Gasteiger partial charge in [-0.1, -0.05) is 78.9 Å². The molecule has 0 saturated heterocycles. The number of carbonyl (C=O) groups excluding carboxylic acids is 2. The topological polar surface area (TPSA) is 113 Å². The number of halogens is 2. The molecule has 182 valence electrons. The van der Waals surface area contributed by atoms with Crippen molar-refractivity contribution in [2.24, 2.45) is 5.73 Å². The van der Waals surface area contributed by atoms with Crippen LogP contribution in [0.4, 0.5) is 14.5 Å². The molecular formula is C28H22F2N2O4. The highest BCUT2D eigenvalue weighted by molar-refractivity contribution is 6.02. The molecule has 0 spiro atoms. The smallest absolute Gasteiger partial charge is 0.265 e. The molecule has 0 heterocycles. The molecule has 5 N–H and O–H groups in total. The van der Waals surface area contributed by atoms with Crippen molar-refractivity contribution in [2.45, 2.75) is 11.2 Å². The standard InChI is InChI=1S/C28H22F2N2O4/c29-21-13-11-20(12-14-21)27(35,18-7-3-1-4-8-18)26(34)32-24-17-22(30)15-16-23(24)28(36,25(31)33)19-9-5-2-6-10-19/h1-17,35-36H,(H2,31,33)(H,32,34). The maximum absolute atomic E-state index is 14.3. The largest absolute Gasteiger partial charge is 0.372 e. The van der Waals surface area contributed by atoms with Crippen molar-refractivity contribution >= 4 is 17.5 Å².